The summed E-state index contributed by atoms with van der Waals surface area (Å²) in [5, 5.41) is 0.911. The lowest BCUT2D eigenvalue weighted by Crippen LogP contribution is -2.30. The Labute approximate surface area is 123 Å². The lowest BCUT2D eigenvalue weighted by Gasteiger charge is -2.30. The third-order valence-corrected chi connectivity index (χ3v) is 3.92. The van der Waals surface area contributed by atoms with Crippen LogP contribution in [0.25, 0.3) is 10.9 Å². The molecule has 1 aliphatic rings. The van der Waals surface area contributed by atoms with E-state index in [4.69, 9.17) is 0 Å². The number of nitrogens with one attached hydrogen (secondary N) is 1. The van der Waals surface area contributed by atoms with Crippen molar-refractivity contribution in [3.05, 3.63) is 34.4 Å². The van der Waals surface area contributed by atoms with E-state index in [9.17, 15) is 9.59 Å². The highest BCUT2D eigenvalue weighted by molar-refractivity contribution is 5.96. The number of carbonyl (C=O) groups is 1. The lowest BCUT2D eigenvalue weighted by molar-refractivity contribution is -0.116. The van der Waals surface area contributed by atoms with Gasteiger partial charge in [0.25, 0.3) is 0 Å². The Morgan fingerprint density at radius 2 is 2.05 bits per heavy atom. The molecule has 0 amide bonds. The molecule has 3 rings (SSSR count). The maximum atomic E-state index is 11.7. The van der Waals surface area contributed by atoms with Crippen molar-refractivity contribution in [1.82, 2.24) is 9.97 Å². The molecule has 1 N–H and O–H groups in total. The van der Waals surface area contributed by atoms with E-state index in [1.165, 1.54) is 26.2 Å². The number of H-pyrrole nitrogens is 1. The predicted molar refractivity (Wildman–Crippen MR) is 82.8 cm³/mol. The Balaban J connectivity index is 2.19. The zero-order valence-corrected chi connectivity index (χ0v) is 12.2. The third-order valence-electron chi connectivity index (χ3n) is 3.92. The summed E-state index contributed by atoms with van der Waals surface area (Å²) in [5.74, 6) is 0.0339. The highest BCUT2D eigenvalue weighted by Crippen LogP contribution is 2.29. The van der Waals surface area contributed by atoms with E-state index in [2.05, 4.69) is 20.9 Å². The Morgan fingerprint density at radius 1 is 1.29 bits per heavy atom. The summed E-state index contributed by atoms with van der Waals surface area (Å²) < 4.78 is 0. The standard InChI is InChI=1S/C16H19N3O2/c1-11(20)10-13-15-12(17-16(21)18-13)6-5-7-14(15)19-8-3-2-4-9-19/h5-7H,2-4,8-10H2,1H3,(H,17,18,21). The molecule has 0 saturated carbocycles. The van der Waals surface area contributed by atoms with Crippen LogP contribution in [0.3, 0.4) is 0 Å². The molecule has 1 aromatic carbocycles. The van der Waals surface area contributed by atoms with Crippen molar-refractivity contribution in [2.24, 2.45) is 0 Å². The largest absolute Gasteiger partial charge is 0.371 e. The molecule has 1 aromatic heterocycles. The average Bonchev–Trinajstić information content (AvgIpc) is 2.46. The summed E-state index contributed by atoms with van der Waals surface area (Å²) in [5.41, 5.74) is 2.03. The molecule has 0 unspecified atom stereocenters. The molecule has 2 aromatic rings. The molecule has 0 spiro atoms. The summed E-state index contributed by atoms with van der Waals surface area (Å²) in [6, 6.07) is 5.81. The number of nitrogens with zero attached hydrogens (tertiary/aromatic N) is 2. The van der Waals surface area contributed by atoms with E-state index < -0.39 is 5.69 Å². The molecule has 5 heteroatoms. The van der Waals surface area contributed by atoms with Gasteiger partial charge in [-0.2, -0.15) is 4.98 Å². The van der Waals surface area contributed by atoms with Gasteiger partial charge in [-0.15, -0.1) is 0 Å². The molecule has 0 atom stereocenters. The molecule has 110 valence electrons. The Bertz CT molecular complexity index is 730. The van der Waals surface area contributed by atoms with Crippen LogP contribution in [0, 0.1) is 0 Å². The second-order valence-corrected chi connectivity index (χ2v) is 5.62. The zero-order chi connectivity index (χ0) is 14.8. The second kappa shape index (κ2) is 5.68. The number of fused-ring (bicyclic) bond motifs is 1. The number of Topliss-reactive ketones (excluding diaryl/α,β-unsaturated/α-hetero) is 1. The van der Waals surface area contributed by atoms with Crippen LogP contribution in [0.2, 0.25) is 0 Å². The topological polar surface area (TPSA) is 66.1 Å². The number of ketones is 1. The summed E-state index contributed by atoms with van der Waals surface area (Å²) in [6.45, 7) is 3.56. The van der Waals surface area contributed by atoms with Crippen molar-refractivity contribution < 1.29 is 4.79 Å². The van der Waals surface area contributed by atoms with E-state index in [1.54, 1.807) is 0 Å². The van der Waals surface area contributed by atoms with Gasteiger partial charge in [-0.1, -0.05) is 6.07 Å². The Morgan fingerprint density at radius 3 is 2.76 bits per heavy atom. The molecule has 1 aliphatic heterocycles. The van der Waals surface area contributed by atoms with Crippen molar-refractivity contribution in [2.75, 3.05) is 18.0 Å². The van der Waals surface area contributed by atoms with Gasteiger partial charge in [-0.05, 0) is 38.3 Å². The van der Waals surface area contributed by atoms with E-state index in [1.807, 2.05) is 12.1 Å². The van der Waals surface area contributed by atoms with Gasteiger partial charge in [0.15, 0.2) is 0 Å². The molecule has 0 radical (unpaired) electrons. The SMILES string of the molecule is CC(=O)Cc1[nH]c(=O)nc2cccc(N3CCCCC3)c12. The highest BCUT2D eigenvalue weighted by atomic mass is 16.1. The first-order chi connectivity index (χ1) is 10.1. The highest BCUT2D eigenvalue weighted by Gasteiger charge is 2.17. The number of rotatable bonds is 3. The van der Waals surface area contributed by atoms with Crippen LogP contribution in [0.15, 0.2) is 23.0 Å². The summed E-state index contributed by atoms with van der Waals surface area (Å²) >= 11 is 0. The lowest BCUT2D eigenvalue weighted by atomic mass is 10.0. The minimum atomic E-state index is -0.394. The van der Waals surface area contributed by atoms with E-state index in [0.29, 0.717) is 11.2 Å². The second-order valence-electron chi connectivity index (χ2n) is 5.62. The number of anilines is 1. The number of benzene rings is 1. The Hall–Kier alpha value is -2.17. The molecule has 0 bridgehead atoms. The van der Waals surface area contributed by atoms with Crippen molar-refractivity contribution >= 4 is 22.4 Å². The van der Waals surface area contributed by atoms with Gasteiger partial charge in [0.05, 0.1) is 5.52 Å². The average molecular weight is 285 g/mol. The Kier molecular flexibility index (Phi) is 3.73. The first kappa shape index (κ1) is 13.8. The number of piperidine rings is 1. The van der Waals surface area contributed by atoms with Crippen LogP contribution in [-0.4, -0.2) is 28.8 Å². The number of hydrogen-bond donors (Lipinski definition) is 1. The summed E-state index contributed by atoms with van der Waals surface area (Å²) in [6.07, 6.45) is 3.85. The van der Waals surface area contributed by atoms with Crippen LogP contribution in [0.1, 0.15) is 31.9 Å². The van der Waals surface area contributed by atoms with Crippen LogP contribution in [-0.2, 0) is 11.2 Å². The maximum absolute atomic E-state index is 11.7. The summed E-state index contributed by atoms with van der Waals surface area (Å²) in [7, 11) is 0. The fourth-order valence-electron chi connectivity index (χ4n) is 3.04. The van der Waals surface area contributed by atoms with Gasteiger partial charge < -0.3 is 9.88 Å². The van der Waals surface area contributed by atoms with E-state index in [0.717, 1.165) is 24.2 Å². The van der Waals surface area contributed by atoms with Gasteiger partial charge in [0.2, 0.25) is 0 Å². The van der Waals surface area contributed by atoms with Crippen molar-refractivity contribution in [3.63, 3.8) is 0 Å². The maximum Gasteiger partial charge on any atom is 0.345 e. The third kappa shape index (κ3) is 2.82. The van der Waals surface area contributed by atoms with Gasteiger partial charge in [0, 0.05) is 36.3 Å². The number of aromatic amines is 1. The van der Waals surface area contributed by atoms with Gasteiger partial charge in [-0.3, -0.25) is 4.79 Å². The number of hydrogen-bond acceptors (Lipinski definition) is 4. The van der Waals surface area contributed by atoms with E-state index in [-0.39, 0.29) is 12.2 Å². The molecular weight excluding hydrogens is 266 g/mol. The van der Waals surface area contributed by atoms with Crippen LogP contribution in [0.5, 0.6) is 0 Å². The van der Waals surface area contributed by atoms with Crippen LogP contribution in [0.4, 0.5) is 5.69 Å². The fourth-order valence-corrected chi connectivity index (χ4v) is 3.04. The van der Waals surface area contributed by atoms with Gasteiger partial charge in [0.1, 0.15) is 5.78 Å². The number of aromatic nitrogens is 2. The van der Waals surface area contributed by atoms with Gasteiger partial charge in [-0.25, -0.2) is 4.79 Å². The quantitative estimate of drug-likeness (QED) is 0.937. The van der Waals surface area contributed by atoms with Crippen LogP contribution >= 0.6 is 0 Å². The van der Waals surface area contributed by atoms with Crippen molar-refractivity contribution in [1.29, 1.82) is 0 Å². The predicted octanol–water partition coefficient (Wildman–Crippen LogP) is 2.04. The van der Waals surface area contributed by atoms with Crippen molar-refractivity contribution in [2.45, 2.75) is 32.6 Å². The molecule has 21 heavy (non-hydrogen) atoms. The smallest absolute Gasteiger partial charge is 0.345 e. The zero-order valence-electron chi connectivity index (χ0n) is 12.2. The molecule has 0 aliphatic carbocycles. The summed E-state index contributed by atoms with van der Waals surface area (Å²) in [4.78, 5) is 32.3. The number of carbonyl (C=O) groups excluding carboxylic acids is 1. The first-order valence-electron chi connectivity index (χ1n) is 7.41. The molecule has 2 heterocycles. The monoisotopic (exact) mass is 285 g/mol. The van der Waals surface area contributed by atoms with Gasteiger partial charge >= 0.3 is 5.69 Å². The molecule has 5 nitrogen and oxygen atoms in total. The van der Waals surface area contributed by atoms with E-state index >= 15 is 0 Å². The molecule has 1 fully saturated rings. The molecular formula is C16H19N3O2. The minimum Gasteiger partial charge on any atom is -0.371 e. The normalized spacial score (nSPS) is 15.4. The minimum absolute atomic E-state index is 0.0339. The fraction of sp³-hybridized carbons (Fsp3) is 0.438. The van der Waals surface area contributed by atoms with Crippen molar-refractivity contribution in [3.8, 4) is 0 Å². The van der Waals surface area contributed by atoms with Crippen LogP contribution < -0.4 is 10.6 Å². The first-order valence-corrected chi connectivity index (χ1v) is 7.41. The molecule has 1 saturated heterocycles.